The summed E-state index contributed by atoms with van der Waals surface area (Å²) in [6.07, 6.45) is 2.97. The number of aliphatic imine (C=N–C) groups is 10. The Morgan fingerprint density at radius 2 is 1.27 bits per heavy atom. The van der Waals surface area contributed by atoms with Crippen molar-refractivity contribution < 1.29 is 0 Å². The van der Waals surface area contributed by atoms with Crippen LogP contribution in [0, 0.1) is 21.6 Å². The number of unbranched alkanes of at least 4 members (excludes halogenated alkanes) is 1. The number of halogens is 1. The summed E-state index contributed by atoms with van der Waals surface area (Å²) in [7, 11) is 11.1. The van der Waals surface area contributed by atoms with Gasteiger partial charge in [-0.25, -0.2) is 25.0 Å². The van der Waals surface area contributed by atoms with Gasteiger partial charge in [0, 0.05) is 72.1 Å². The van der Waals surface area contributed by atoms with Gasteiger partial charge in [-0.2, -0.15) is 15.0 Å². The summed E-state index contributed by atoms with van der Waals surface area (Å²) in [5, 5.41) is 40.4. The van der Waals surface area contributed by atoms with Gasteiger partial charge < -0.3 is 94.1 Å². The molecule has 35 heteroatoms. The maximum absolute atomic E-state index is 6.81. The first-order chi connectivity index (χ1) is 37.7. The monoisotopic (exact) mass is 1150 g/mol. The first-order valence-electron chi connectivity index (χ1n) is 24.4. The molecule has 0 aliphatic carbocycles. The number of hydrogen-bond acceptors (Lipinski definition) is 16. The fraction of sp³-hybridized carbons (Fsp3) is 0.435. The van der Waals surface area contributed by atoms with Crippen molar-refractivity contribution in [3.63, 3.8) is 0 Å². The molecule has 0 saturated carbocycles. The van der Waals surface area contributed by atoms with E-state index in [0.717, 1.165) is 42.7 Å². The van der Waals surface area contributed by atoms with Crippen LogP contribution in [0.3, 0.4) is 0 Å². The molecule has 2 atom stereocenters. The van der Waals surface area contributed by atoms with E-state index in [0.29, 0.717) is 24.1 Å². The van der Waals surface area contributed by atoms with Gasteiger partial charge in [0.25, 0.3) is 0 Å². The Labute approximate surface area is 480 Å². The highest BCUT2D eigenvalue weighted by molar-refractivity contribution is 6.30. The molecule has 452 valence electrons. The number of benzene rings is 2. The zero-order valence-corrected chi connectivity index (χ0v) is 49.3. The largest absolute Gasteiger partial charge is 0.370 e. The van der Waals surface area contributed by atoms with E-state index in [1.165, 1.54) is 5.56 Å². The highest BCUT2D eigenvalue weighted by Gasteiger charge is 2.12. The zero-order chi connectivity index (χ0) is 62.8. The number of guanidine groups is 13. The lowest BCUT2D eigenvalue weighted by atomic mass is 10.2. The van der Waals surface area contributed by atoms with E-state index in [9.17, 15) is 0 Å². The van der Waals surface area contributed by atoms with Crippen molar-refractivity contribution in [1.82, 2.24) is 36.0 Å². The van der Waals surface area contributed by atoms with Crippen LogP contribution < -0.4 is 95.4 Å². The van der Waals surface area contributed by atoms with E-state index in [2.05, 4.69) is 78.1 Å². The number of nitrogens with one attached hydrogen (secondary N) is 9. The summed E-state index contributed by atoms with van der Waals surface area (Å²) in [5.41, 5.74) is 64.5. The Hall–Kier alpha value is -9.89. The van der Waals surface area contributed by atoms with Crippen molar-refractivity contribution >= 4 is 101 Å². The van der Waals surface area contributed by atoms with Gasteiger partial charge in [-0.05, 0) is 77.3 Å². The van der Waals surface area contributed by atoms with Crippen LogP contribution in [-0.4, -0.2) is 172 Å². The second kappa shape index (κ2) is 43.1. The van der Waals surface area contributed by atoms with E-state index in [4.69, 9.17) is 102 Å². The molecule has 0 saturated heterocycles. The van der Waals surface area contributed by atoms with Crippen molar-refractivity contribution in [1.29, 1.82) is 21.6 Å². The van der Waals surface area contributed by atoms with Crippen LogP contribution in [0.1, 0.15) is 59.9 Å². The third kappa shape index (κ3) is 47.1. The van der Waals surface area contributed by atoms with Gasteiger partial charge in [-0.3, -0.25) is 47.6 Å². The van der Waals surface area contributed by atoms with Crippen molar-refractivity contribution in [3.05, 3.63) is 65.2 Å². The summed E-state index contributed by atoms with van der Waals surface area (Å²) in [5.74, 6) is 2.65. The molecule has 4 rings (SSSR count). The van der Waals surface area contributed by atoms with Crippen LogP contribution in [-0.2, 0) is 6.42 Å². The van der Waals surface area contributed by atoms with Gasteiger partial charge in [-0.15, -0.1) is 0 Å². The molecular weight excluding hydrogens is 1060 g/mol. The minimum Gasteiger partial charge on any atom is -0.370 e. The minimum atomic E-state index is -0.312. The Morgan fingerprint density at radius 1 is 0.704 bits per heavy atom. The molecular formula is C46H91ClN34. The second-order valence-corrected chi connectivity index (χ2v) is 17.5. The van der Waals surface area contributed by atoms with Gasteiger partial charge in [0.05, 0.1) is 0 Å². The highest BCUT2D eigenvalue weighted by Crippen LogP contribution is 2.13. The molecule has 0 radical (unpaired) electrons. The molecule has 2 heterocycles. The number of hydrogen-bond donors (Lipinski definition) is 21. The van der Waals surface area contributed by atoms with Crippen LogP contribution in [0.2, 0.25) is 5.02 Å². The van der Waals surface area contributed by atoms with Gasteiger partial charge in [0.15, 0.2) is 41.7 Å². The Bertz CT molecular complexity index is 2490. The summed E-state index contributed by atoms with van der Waals surface area (Å²) >= 11 is 5.76. The molecule has 81 heavy (non-hydrogen) atoms. The van der Waals surface area contributed by atoms with E-state index >= 15 is 0 Å². The van der Waals surface area contributed by atoms with Gasteiger partial charge in [-0.1, -0.05) is 55.3 Å². The van der Waals surface area contributed by atoms with Crippen molar-refractivity contribution in [2.24, 2.45) is 119 Å². The molecule has 2 aliphatic rings. The topological polar surface area (TPSA) is 601 Å². The molecule has 2 aromatic carbocycles. The highest BCUT2D eigenvalue weighted by atomic mass is 35.5. The van der Waals surface area contributed by atoms with Gasteiger partial charge in [0.1, 0.15) is 18.2 Å². The summed E-state index contributed by atoms with van der Waals surface area (Å²) in [4.78, 5) is 44.9. The van der Waals surface area contributed by atoms with Crippen LogP contribution in [0.15, 0.2) is 105 Å². The number of amidine groups is 1. The normalized spacial score (nSPS) is 14.5. The summed E-state index contributed by atoms with van der Waals surface area (Å²) in [6.45, 7) is 13.0. The maximum Gasteiger partial charge on any atom is 0.223 e. The third-order valence-corrected chi connectivity index (χ3v) is 8.47. The minimum absolute atomic E-state index is 0.0732. The quantitative estimate of drug-likeness (QED) is 0.0754. The van der Waals surface area contributed by atoms with E-state index in [1.54, 1.807) is 43.3 Å². The lowest BCUT2D eigenvalue weighted by molar-refractivity contribution is 0.579. The van der Waals surface area contributed by atoms with E-state index in [1.807, 2.05) is 108 Å². The lowest BCUT2D eigenvalue weighted by Gasteiger charge is -2.21. The van der Waals surface area contributed by atoms with Crippen LogP contribution >= 0.6 is 11.6 Å². The van der Waals surface area contributed by atoms with Crippen LogP contribution in [0.4, 0.5) is 5.69 Å². The fourth-order valence-electron chi connectivity index (χ4n) is 4.89. The van der Waals surface area contributed by atoms with Crippen LogP contribution in [0.25, 0.3) is 0 Å². The molecule has 0 unspecified atom stereocenters. The van der Waals surface area contributed by atoms with Crippen LogP contribution in [0.5, 0.6) is 0 Å². The van der Waals surface area contributed by atoms with Crippen molar-refractivity contribution in [2.45, 2.75) is 79.2 Å². The SMILES string of the molecule is CC(C)N=C(N)N=C(N)Nc1ccc(Cl)cc1.CC1=NC(N(C)C)=N[C@H](C)N1.CCCCN=C(N)NC(=N)N.CN(C)C(N)=NC(=N)N.C[C@H]1N=C(N)NC(N(C)C)=N1.N=C(N)NC(=N)N.NC(N)=NC(N)=NCCc1ccccc1. The molecule has 0 fully saturated rings. The number of nitrogens with zero attached hydrogens (tertiary/aromatic N) is 13. The molecule has 33 N–H and O–H groups in total. The molecule has 2 aliphatic heterocycles. The second-order valence-electron chi connectivity index (χ2n) is 17.0. The Balaban J connectivity index is -0.000000891. The zero-order valence-electron chi connectivity index (χ0n) is 48.6. The predicted octanol–water partition coefficient (Wildman–Crippen LogP) is -2.25. The average molecular weight is 1160 g/mol. The molecule has 34 nitrogen and oxygen atoms in total. The Morgan fingerprint density at radius 3 is 1.69 bits per heavy atom. The first-order valence-corrected chi connectivity index (χ1v) is 24.8. The van der Waals surface area contributed by atoms with E-state index in [-0.39, 0.29) is 78.0 Å². The Kier molecular flexibility index (Phi) is 40.1. The predicted molar refractivity (Wildman–Crippen MR) is 339 cm³/mol. The third-order valence-electron chi connectivity index (χ3n) is 8.22. The molecule has 0 bridgehead atoms. The molecule has 0 spiro atoms. The standard InChI is InChI=1S/C11H16ClN5.C10H15N5.C7H14N4.C6H13N5.C6H15N5.C4H11N5.C2H7N5/c1-7(2)15-10(13)17-11(14)16-9-5-3-8(12)4-6-9;11-9(12)15-10(13)14-7-6-8-4-2-1-3-5-8;1-5-8-6(2)10-7(9-5)11(3)4;1-4-8-5(7)10-6(9-4)11(2)3;1-2-3-4-10-6(9)11-5(7)8;1-9(2)4(7)8-3(5)6;3-1(4)7-2(5)6/h3-7H,1-2H3,(H5,13,14,15,16,17);1-5H,6-7H2,(H6,11,12,13,14,15);5H,1-4H3,(H,8,9,10);4H,1-3H3,(H3,7,8,9,10);2-4H2,1H3,(H6,7,8,9,10,11);1-2H3,(H5,5,6,7,8);(H7,3,4,5,6,7)/t;;5-;4-;;;/m..10.../s1. The average Bonchev–Trinajstić information content (AvgIpc) is 3.32. The molecule has 2 aromatic rings. The first kappa shape index (κ1) is 75.3. The summed E-state index contributed by atoms with van der Waals surface area (Å²) < 4.78 is 0. The van der Waals surface area contributed by atoms with Gasteiger partial charge in [0.2, 0.25) is 35.8 Å². The van der Waals surface area contributed by atoms with Crippen molar-refractivity contribution in [2.75, 3.05) is 60.7 Å². The van der Waals surface area contributed by atoms with E-state index < -0.39 is 0 Å². The fourth-order valence-corrected chi connectivity index (χ4v) is 5.02. The molecule has 0 amide bonds. The van der Waals surface area contributed by atoms with Gasteiger partial charge >= 0.3 is 0 Å². The number of anilines is 1. The molecule has 0 aromatic heterocycles. The number of rotatable bonds is 8. The number of nitrogens with two attached hydrogens (primary N) is 12. The maximum atomic E-state index is 6.81. The smallest absolute Gasteiger partial charge is 0.223 e. The summed E-state index contributed by atoms with van der Waals surface area (Å²) in [6, 6.07) is 17.2. The lowest BCUT2D eigenvalue weighted by Crippen LogP contribution is -2.47. The van der Waals surface area contributed by atoms with Crippen molar-refractivity contribution in [3.8, 4) is 0 Å².